The van der Waals surface area contributed by atoms with Gasteiger partial charge in [0.05, 0.1) is 5.75 Å². The van der Waals surface area contributed by atoms with Gasteiger partial charge in [-0.2, -0.15) is 0 Å². The maximum atomic E-state index is 12.8. The van der Waals surface area contributed by atoms with Crippen LogP contribution in [0, 0.1) is 17.3 Å². The first-order valence-electron chi connectivity index (χ1n) is 9.52. The van der Waals surface area contributed by atoms with E-state index in [4.69, 9.17) is 0 Å². The van der Waals surface area contributed by atoms with E-state index >= 15 is 0 Å². The highest BCUT2D eigenvalue weighted by Crippen LogP contribution is 2.54. The van der Waals surface area contributed by atoms with E-state index < -0.39 is 9.84 Å². The fourth-order valence-corrected chi connectivity index (χ4v) is 7.94. The third kappa shape index (κ3) is 2.63. The summed E-state index contributed by atoms with van der Waals surface area (Å²) in [5, 5.41) is -0.279. The lowest BCUT2D eigenvalue weighted by molar-refractivity contribution is 0.201. The summed E-state index contributed by atoms with van der Waals surface area (Å²) in [7, 11) is -2.99. The van der Waals surface area contributed by atoms with Crippen molar-refractivity contribution in [3.05, 3.63) is 22.8 Å². The van der Waals surface area contributed by atoms with Crippen molar-refractivity contribution in [2.24, 2.45) is 17.3 Å². The van der Waals surface area contributed by atoms with Crippen LogP contribution in [0.15, 0.2) is 22.8 Å². The normalized spacial score (nSPS) is 44.4. The predicted molar refractivity (Wildman–Crippen MR) is 95.0 cm³/mol. The summed E-state index contributed by atoms with van der Waals surface area (Å²) in [6.45, 7) is 4.71. The van der Waals surface area contributed by atoms with Gasteiger partial charge in [-0.15, -0.1) is 0 Å². The van der Waals surface area contributed by atoms with Crippen molar-refractivity contribution in [1.82, 2.24) is 0 Å². The number of sulfone groups is 1. The first-order valence-corrected chi connectivity index (χ1v) is 11.2. The second kappa shape index (κ2) is 5.47. The van der Waals surface area contributed by atoms with Crippen LogP contribution in [-0.4, -0.2) is 19.4 Å². The van der Waals surface area contributed by atoms with Gasteiger partial charge >= 0.3 is 0 Å². The molecule has 2 saturated carbocycles. The van der Waals surface area contributed by atoms with E-state index in [2.05, 4.69) is 19.9 Å². The molecule has 1 heterocycles. The van der Waals surface area contributed by atoms with Crippen molar-refractivity contribution >= 4 is 9.84 Å². The molecule has 0 unspecified atom stereocenters. The molecule has 4 rings (SSSR count). The van der Waals surface area contributed by atoms with Gasteiger partial charge in [0.2, 0.25) is 0 Å². The van der Waals surface area contributed by atoms with Crippen molar-refractivity contribution in [1.29, 1.82) is 0 Å². The lowest BCUT2D eigenvalue weighted by atomic mass is 9.67. The Hall–Kier alpha value is -0.570. The second-order valence-electron chi connectivity index (χ2n) is 8.90. The Labute approximate surface area is 141 Å². The van der Waals surface area contributed by atoms with Crippen molar-refractivity contribution < 1.29 is 8.42 Å². The Kier molecular flexibility index (Phi) is 3.79. The fourth-order valence-electron chi connectivity index (χ4n) is 5.87. The molecular weight excluding hydrogens is 304 g/mol. The van der Waals surface area contributed by atoms with E-state index in [1.807, 2.05) is 0 Å². The summed E-state index contributed by atoms with van der Waals surface area (Å²) >= 11 is 0. The Balaban J connectivity index is 1.70. The second-order valence-corrected chi connectivity index (χ2v) is 11.0. The summed E-state index contributed by atoms with van der Waals surface area (Å²) < 4.78 is 25.6. The van der Waals surface area contributed by atoms with Crippen molar-refractivity contribution in [2.45, 2.75) is 76.9 Å². The fraction of sp³-hybridized carbons (Fsp3) is 0.800. The lowest BCUT2D eigenvalue weighted by Crippen LogP contribution is -2.29. The van der Waals surface area contributed by atoms with Gasteiger partial charge in [-0.1, -0.05) is 37.5 Å². The monoisotopic (exact) mass is 334 g/mol. The van der Waals surface area contributed by atoms with E-state index in [-0.39, 0.29) is 5.25 Å². The SMILES string of the molecule is C[C@H]1CCC2=C(C1)[C@H](/C=C1\CCC[C@]3(C)CCC[C@@H]13)S(=O)(=O)C2. The number of allylic oxidation sites excluding steroid dienone is 1. The molecule has 4 aliphatic rings. The van der Waals surface area contributed by atoms with Crippen LogP contribution in [0.3, 0.4) is 0 Å². The summed E-state index contributed by atoms with van der Waals surface area (Å²) in [6, 6.07) is 0. The smallest absolute Gasteiger partial charge is 0.164 e. The quantitative estimate of drug-likeness (QED) is 0.644. The summed E-state index contributed by atoms with van der Waals surface area (Å²) in [6.07, 6.45) is 13.0. The van der Waals surface area contributed by atoms with Gasteiger partial charge in [0, 0.05) is 0 Å². The third-order valence-corrected chi connectivity index (χ3v) is 9.12. The first-order chi connectivity index (χ1) is 10.9. The Morgan fingerprint density at radius 3 is 2.74 bits per heavy atom. The van der Waals surface area contributed by atoms with Gasteiger partial charge in [-0.3, -0.25) is 0 Å². The van der Waals surface area contributed by atoms with Crippen LogP contribution in [-0.2, 0) is 9.84 Å². The minimum Gasteiger partial charge on any atom is -0.228 e. The van der Waals surface area contributed by atoms with Crippen molar-refractivity contribution in [3.63, 3.8) is 0 Å². The summed E-state index contributed by atoms with van der Waals surface area (Å²) in [4.78, 5) is 0. The van der Waals surface area contributed by atoms with Crippen molar-refractivity contribution in [2.75, 3.05) is 5.75 Å². The molecule has 4 atom stereocenters. The highest BCUT2D eigenvalue weighted by atomic mass is 32.2. The molecule has 0 aromatic carbocycles. The van der Waals surface area contributed by atoms with E-state index in [0.717, 1.165) is 19.3 Å². The molecule has 0 amide bonds. The molecule has 0 N–H and O–H groups in total. The maximum absolute atomic E-state index is 12.8. The standard InChI is InChI=1S/C20H30O2S/c1-14-7-8-16-13-23(21,22)19(17(16)11-14)12-15-5-3-9-20(2)10-4-6-18(15)20/h12,14,18-19H,3-11,13H2,1-2H3/b15-12+/t14-,18-,19-,20+/m0/s1. The van der Waals surface area contributed by atoms with E-state index in [1.165, 1.54) is 55.2 Å². The largest absolute Gasteiger partial charge is 0.228 e. The molecule has 0 saturated heterocycles. The predicted octanol–water partition coefficient (Wildman–Crippen LogP) is 4.82. The molecule has 3 heteroatoms. The van der Waals surface area contributed by atoms with E-state index in [9.17, 15) is 8.42 Å². The third-order valence-electron chi connectivity index (χ3n) is 7.18. The van der Waals surface area contributed by atoms with Gasteiger partial charge in [0.25, 0.3) is 0 Å². The Morgan fingerprint density at radius 2 is 1.91 bits per heavy atom. The van der Waals surface area contributed by atoms with Gasteiger partial charge in [0.1, 0.15) is 5.25 Å². The molecule has 0 aromatic rings. The first kappa shape index (κ1) is 15.9. The molecule has 0 aromatic heterocycles. The van der Waals surface area contributed by atoms with Crippen LogP contribution in [0.2, 0.25) is 0 Å². The minimum absolute atomic E-state index is 0.279. The van der Waals surface area contributed by atoms with Gasteiger partial charge < -0.3 is 0 Å². The van der Waals surface area contributed by atoms with Crippen LogP contribution >= 0.6 is 0 Å². The number of hydrogen-bond acceptors (Lipinski definition) is 2. The average molecular weight is 335 g/mol. The number of hydrogen-bond donors (Lipinski definition) is 0. The zero-order chi connectivity index (χ0) is 16.2. The lowest BCUT2D eigenvalue weighted by Gasteiger charge is -2.38. The zero-order valence-corrected chi connectivity index (χ0v) is 15.4. The van der Waals surface area contributed by atoms with Crippen molar-refractivity contribution in [3.8, 4) is 0 Å². The molecular formula is C20H30O2S. The maximum Gasteiger partial charge on any atom is 0.164 e. The molecule has 2 fully saturated rings. The molecule has 2 nitrogen and oxygen atoms in total. The Morgan fingerprint density at radius 1 is 1.13 bits per heavy atom. The molecule has 0 spiro atoms. The zero-order valence-electron chi connectivity index (χ0n) is 14.6. The Bertz CT molecular complexity index is 670. The van der Waals surface area contributed by atoms with Crippen LogP contribution < -0.4 is 0 Å². The van der Waals surface area contributed by atoms with Gasteiger partial charge in [0.15, 0.2) is 9.84 Å². The highest BCUT2D eigenvalue weighted by Gasteiger charge is 2.45. The molecule has 128 valence electrons. The molecule has 3 aliphatic carbocycles. The van der Waals surface area contributed by atoms with E-state index in [1.54, 1.807) is 0 Å². The van der Waals surface area contributed by atoms with E-state index in [0.29, 0.717) is 23.0 Å². The molecule has 1 aliphatic heterocycles. The highest BCUT2D eigenvalue weighted by molar-refractivity contribution is 7.92. The molecule has 0 radical (unpaired) electrons. The number of fused-ring (bicyclic) bond motifs is 1. The summed E-state index contributed by atoms with van der Waals surface area (Å²) in [5.74, 6) is 1.63. The van der Waals surface area contributed by atoms with Gasteiger partial charge in [-0.25, -0.2) is 8.42 Å². The molecule has 0 bridgehead atoms. The number of rotatable bonds is 1. The van der Waals surface area contributed by atoms with Crippen LogP contribution in [0.25, 0.3) is 0 Å². The topological polar surface area (TPSA) is 34.1 Å². The molecule has 23 heavy (non-hydrogen) atoms. The van der Waals surface area contributed by atoms with Crippen LogP contribution in [0.4, 0.5) is 0 Å². The van der Waals surface area contributed by atoms with Crippen LogP contribution in [0.5, 0.6) is 0 Å². The minimum atomic E-state index is -2.99. The van der Waals surface area contributed by atoms with Crippen LogP contribution in [0.1, 0.15) is 71.6 Å². The summed E-state index contributed by atoms with van der Waals surface area (Å²) in [5.41, 5.74) is 4.47. The average Bonchev–Trinajstić information content (AvgIpc) is 2.98. The van der Waals surface area contributed by atoms with Gasteiger partial charge in [-0.05, 0) is 74.2 Å².